The molecule has 0 saturated heterocycles. The van der Waals surface area contributed by atoms with Gasteiger partial charge in [-0.15, -0.1) is 0 Å². The van der Waals surface area contributed by atoms with E-state index in [1.165, 1.54) is 6.07 Å². The molecule has 6 N–H and O–H groups in total. The zero-order valence-corrected chi connectivity index (χ0v) is 11.9. The van der Waals surface area contributed by atoms with Crippen LogP contribution < -0.4 is 21.9 Å². The van der Waals surface area contributed by atoms with E-state index in [1.54, 1.807) is 6.92 Å². The van der Waals surface area contributed by atoms with Crippen molar-refractivity contribution in [2.24, 2.45) is 5.73 Å². The number of aromatic nitrogens is 2. The van der Waals surface area contributed by atoms with Gasteiger partial charge in [-0.1, -0.05) is 0 Å². The summed E-state index contributed by atoms with van der Waals surface area (Å²) >= 11 is 0. The van der Waals surface area contributed by atoms with Crippen LogP contribution in [0.1, 0.15) is 18.5 Å². The maximum absolute atomic E-state index is 11.8. The van der Waals surface area contributed by atoms with Crippen LogP contribution in [-0.4, -0.2) is 45.4 Å². The SMILES string of the molecule is Cc1cc(=O)[nH]c(NC(=O)NC(C=O)(CO)CCC(N)=O)n1. The molecule has 120 valence electrons. The smallest absolute Gasteiger partial charge is 0.322 e. The number of aldehydes is 1. The highest BCUT2D eigenvalue weighted by Crippen LogP contribution is 2.10. The number of nitrogens with one attached hydrogen (secondary N) is 3. The van der Waals surface area contributed by atoms with Gasteiger partial charge in [-0.2, -0.15) is 0 Å². The number of amides is 3. The van der Waals surface area contributed by atoms with Crippen molar-refractivity contribution in [2.75, 3.05) is 11.9 Å². The molecule has 1 heterocycles. The number of nitrogens with zero attached hydrogens (tertiary/aromatic N) is 1. The Morgan fingerprint density at radius 1 is 1.55 bits per heavy atom. The minimum atomic E-state index is -1.65. The molecule has 1 unspecified atom stereocenters. The summed E-state index contributed by atoms with van der Waals surface area (Å²) in [5, 5.41) is 13.8. The van der Waals surface area contributed by atoms with Gasteiger partial charge in [-0.25, -0.2) is 9.78 Å². The number of hydrogen-bond acceptors (Lipinski definition) is 6. The molecule has 0 aliphatic heterocycles. The summed E-state index contributed by atoms with van der Waals surface area (Å²) in [4.78, 5) is 51.2. The average Bonchev–Trinajstić information content (AvgIpc) is 2.42. The third kappa shape index (κ3) is 4.98. The van der Waals surface area contributed by atoms with Crippen LogP contribution in [0.3, 0.4) is 0 Å². The highest BCUT2D eigenvalue weighted by atomic mass is 16.3. The third-order valence-corrected chi connectivity index (χ3v) is 2.79. The van der Waals surface area contributed by atoms with Gasteiger partial charge >= 0.3 is 6.03 Å². The summed E-state index contributed by atoms with van der Waals surface area (Å²) < 4.78 is 0. The molecular weight excluding hydrogens is 294 g/mol. The second-order valence-corrected chi connectivity index (χ2v) is 4.71. The van der Waals surface area contributed by atoms with E-state index in [4.69, 9.17) is 5.73 Å². The molecule has 0 aliphatic carbocycles. The fourth-order valence-electron chi connectivity index (χ4n) is 1.66. The second kappa shape index (κ2) is 7.31. The van der Waals surface area contributed by atoms with Crippen LogP contribution in [0.5, 0.6) is 0 Å². The first-order valence-corrected chi connectivity index (χ1v) is 6.33. The molecule has 0 spiro atoms. The number of nitrogens with two attached hydrogens (primary N) is 1. The van der Waals surface area contributed by atoms with Gasteiger partial charge in [0.25, 0.3) is 5.56 Å². The Bertz CT molecular complexity index is 629. The molecule has 1 atom stereocenters. The lowest BCUT2D eigenvalue weighted by molar-refractivity contribution is -0.119. The maximum Gasteiger partial charge on any atom is 0.322 e. The van der Waals surface area contributed by atoms with Crippen molar-refractivity contribution < 1.29 is 19.5 Å². The maximum atomic E-state index is 11.8. The molecule has 0 radical (unpaired) electrons. The van der Waals surface area contributed by atoms with E-state index in [9.17, 15) is 24.3 Å². The van der Waals surface area contributed by atoms with Gasteiger partial charge in [0.15, 0.2) is 0 Å². The lowest BCUT2D eigenvalue weighted by Crippen LogP contribution is -2.54. The predicted molar refractivity (Wildman–Crippen MR) is 76.1 cm³/mol. The molecule has 0 fully saturated rings. The van der Waals surface area contributed by atoms with Gasteiger partial charge in [0, 0.05) is 18.2 Å². The van der Waals surface area contributed by atoms with E-state index >= 15 is 0 Å². The molecule has 0 saturated carbocycles. The number of carbonyl (C=O) groups excluding carboxylic acids is 3. The van der Waals surface area contributed by atoms with Gasteiger partial charge in [0.05, 0.1) is 6.61 Å². The number of rotatable bonds is 7. The van der Waals surface area contributed by atoms with Gasteiger partial charge in [0.2, 0.25) is 11.9 Å². The van der Waals surface area contributed by atoms with Crippen LogP contribution in [0.25, 0.3) is 0 Å². The normalized spacial score (nSPS) is 13.0. The van der Waals surface area contributed by atoms with Gasteiger partial charge in [-0.3, -0.25) is 19.9 Å². The van der Waals surface area contributed by atoms with Crippen molar-refractivity contribution in [3.63, 3.8) is 0 Å². The van der Waals surface area contributed by atoms with Crippen molar-refractivity contribution in [1.82, 2.24) is 15.3 Å². The molecule has 3 amide bonds. The molecule has 10 nitrogen and oxygen atoms in total. The number of aliphatic hydroxyl groups excluding tert-OH is 1. The highest BCUT2D eigenvalue weighted by molar-refractivity contribution is 5.90. The predicted octanol–water partition coefficient (Wildman–Crippen LogP) is -1.60. The first-order valence-electron chi connectivity index (χ1n) is 6.33. The minimum absolute atomic E-state index is 0.116. The lowest BCUT2D eigenvalue weighted by atomic mass is 9.96. The third-order valence-electron chi connectivity index (χ3n) is 2.79. The number of carbonyl (C=O) groups is 3. The van der Waals surface area contributed by atoms with Crippen LogP contribution in [0, 0.1) is 6.92 Å². The number of urea groups is 1. The Balaban J connectivity index is 2.80. The molecule has 0 bridgehead atoms. The van der Waals surface area contributed by atoms with Crippen LogP contribution in [0.4, 0.5) is 10.7 Å². The standard InChI is InChI=1S/C12H17N5O5/c1-7-4-9(21)15-10(14-7)16-11(22)17-12(5-18,6-19)3-2-8(13)20/h4-5,19H,2-3,6H2,1H3,(H2,13,20)(H3,14,15,16,17,21,22). The average molecular weight is 311 g/mol. The Morgan fingerprint density at radius 2 is 2.23 bits per heavy atom. The first kappa shape index (κ1) is 17.3. The van der Waals surface area contributed by atoms with Crippen molar-refractivity contribution >= 4 is 24.2 Å². The summed E-state index contributed by atoms with van der Waals surface area (Å²) in [6.07, 6.45) is -0.0332. The van der Waals surface area contributed by atoms with E-state index in [-0.39, 0.29) is 18.8 Å². The summed E-state index contributed by atoms with van der Waals surface area (Å²) in [6, 6.07) is 0.360. The number of aromatic amines is 1. The summed E-state index contributed by atoms with van der Waals surface area (Å²) in [5.74, 6) is -0.790. The molecule has 10 heteroatoms. The van der Waals surface area contributed by atoms with Gasteiger partial charge < -0.3 is 21.0 Å². The minimum Gasteiger partial charge on any atom is -0.393 e. The van der Waals surface area contributed by atoms with Crippen LogP contribution in [-0.2, 0) is 9.59 Å². The van der Waals surface area contributed by atoms with Crippen LogP contribution in [0.15, 0.2) is 10.9 Å². The number of aliphatic hydroxyl groups is 1. The van der Waals surface area contributed by atoms with E-state index < -0.39 is 29.6 Å². The molecule has 1 rings (SSSR count). The monoisotopic (exact) mass is 311 g/mol. The number of anilines is 1. The molecule has 1 aromatic heterocycles. The van der Waals surface area contributed by atoms with Crippen LogP contribution in [0.2, 0.25) is 0 Å². The van der Waals surface area contributed by atoms with E-state index in [0.29, 0.717) is 12.0 Å². The van der Waals surface area contributed by atoms with Gasteiger partial charge in [-0.05, 0) is 13.3 Å². The fraction of sp³-hybridized carbons (Fsp3) is 0.417. The van der Waals surface area contributed by atoms with E-state index in [2.05, 4.69) is 20.6 Å². The second-order valence-electron chi connectivity index (χ2n) is 4.71. The number of primary amides is 1. The first-order chi connectivity index (χ1) is 10.3. The molecular formula is C12H17N5O5. The number of hydrogen-bond donors (Lipinski definition) is 5. The zero-order chi connectivity index (χ0) is 16.8. The van der Waals surface area contributed by atoms with Crippen molar-refractivity contribution in [3.8, 4) is 0 Å². The topological polar surface area (TPSA) is 167 Å². The summed E-state index contributed by atoms with van der Waals surface area (Å²) in [7, 11) is 0. The highest BCUT2D eigenvalue weighted by Gasteiger charge is 2.31. The van der Waals surface area contributed by atoms with E-state index in [1.807, 2.05) is 0 Å². The summed E-state index contributed by atoms with van der Waals surface area (Å²) in [6.45, 7) is 0.851. The summed E-state index contributed by atoms with van der Waals surface area (Å²) in [5.41, 5.74) is 3.26. The Hall–Kier alpha value is -2.75. The largest absolute Gasteiger partial charge is 0.393 e. The Kier molecular flexibility index (Phi) is 5.75. The van der Waals surface area contributed by atoms with Crippen molar-refractivity contribution in [3.05, 3.63) is 22.1 Å². The Morgan fingerprint density at radius 3 is 2.73 bits per heavy atom. The Labute approximate surface area is 125 Å². The number of aryl methyl sites for hydroxylation is 1. The van der Waals surface area contributed by atoms with E-state index in [0.717, 1.165) is 0 Å². The molecule has 22 heavy (non-hydrogen) atoms. The van der Waals surface area contributed by atoms with Gasteiger partial charge in [0.1, 0.15) is 11.8 Å². The molecule has 1 aromatic rings. The lowest BCUT2D eigenvalue weighted by Gasteiger charge is -2.26. The van der Waals surface area contributed by atoms with Crippen molar-refractivity contribution in [2.45, 2.75) is 25.3 Å². The number of H-pyrrole nitrogens is 1. The fourth-order valence-corrected chi connectivity index (χ4v) is 1.66. The van der Waals surface area contributed by atoms with Crippen molar-refractivity contribution in [1.29, 1.82) is 0 Å². The molecule has 0 aromatic carbocycles. The quantitative estimate of drug-likeness (QED) is 0.380. The zero-order valence-electron chi connectivity index (χ0n) is 11.9. The van der Waals surface area contributed by atoms with Crippen LogP contribution >= 0.6 is 0 Å². The molecule has 0 aliphatic rings.